The van der Waals surface area contributed by atoms with Gasteiger partial charge in [-0.25, -0.2) is 0 Å². The number of carbonyl (C=O) groups is 3. The average molecular weight is 444 g/mol. The quantitative estimate of drug-likeness (QED) is 0.127. The van der Waals surface area contributed by atoms with Crippen LogP contribution >= 0.6 is 0 Å². The molecule has 3 unspecified atom stereocenters. The van der Waals surface area contributed by atoms with Crippen LogP contribution in [0.25, 0.3) is 0 Å². The first-order chi connectivity index (χ1) is 14.8. The molecular formula is C21H45N7O3. The van der Waals surface area contributed by atoms with Gasteiger partial charge in [0, 0.05) is 6.04 Å². The van der Waals surface area contributed by atoms with E-state index in [2.05, 4.69) is 16.0 Å². The molecule has 31 heavy (non-hydrogen) atoms. The van der Waals surface area contributed by atoms with Crippen molar-refractivity contribution < 1.29 is 14.4 Å². The van der Waals surface area contributed by atoms with Gasteiger partial charge in [0.15, 0.2) is 0 Å². The molecule has 0 bridgehead atoms. The largest absolute Gasteiger partial charge is 0.368 e. The lowest BCUT2D eigenvalue weighted by Crippen LogP contribution is -2.56. The minimum atomic E-state index is -0.790. The molecule has 0 aromatic rings. The van der Waals surface area contributed by atoms with Crippen LogP contribution in [0.3, 0.4) is 0 Å². The van der Waals surface area contributed by atoms with Crippen LogP contribution in [0.15, 0.2) is 0 Å². The van der Waals surface area contributed by atoms with Crippen LogP contribution in [-0.2, 0) is 14.4 Å². The highest BCUT2D eigenvalue weighted by Crippen LogP contribution is 2.07. The van der Waals surface area contributed by atoms with Crippen molar-refractivity contribution in [3.8, 4) is 0 Å². The fourth-order valence-corrected chi connectivity index (χ4v) is 3.27. The van der Waals surface area contributed by atoms with E-state index in [-0.39, 0.29) is 11.9 Å². The molecule has 0 saturated carbocycles. The first kappa shape index (κ1) is 29.2. The standard InChI is InChI=1S/C21H45N7O3/c1-15(2)26-17(10-4-7-13-23)20(30)28-18(11-5-8-14-24)21(31)27-16(19(25)29)9-3-6-12-22/h15-18,26H,3-14,22-24H2,1-2H3,(H2,25,29)(H,27,31)(H,28,30). The van der Waals surface area contributed by atoms with E-state index in [1.807, 2.05) is 13.8 Å². The predicted molar refractivity (Wildman–Crippen MR) is 124 cm³/mol. The number of amides is 3. The van der Waals surface area contributed by atoms with Crippen LogP contribution in [0.1, 0.15) is 71.6 Å². The zero-order chi connectivity index (χ0) is 23.6. The highest BCUT2D eigenvalue weighted by molar-refractivity contribution is 5.92. The van der Waals surface area contributed by atoms with Crippen molar-refractivity contribution in [2.24, 2.45) is 22.9 Å². The predicted octanol–water partition coefficient (Wildman–Crippen LogP) is -0.805. The SMILES string of the molecule is CC(C)NC(CCCCN)C(=O)NC(CCCCN)C(=O)NC(CCCCN)C(N)=O. The summed E-state index contributed by atoms with van der Waals surface area (Å²) in [5, 5.41) is 8.82. The third-order valence-corrected chi connectivity index (χ3v) is 4.98. The second kappa shape index (κ2) is 17.9. The summed E-state index contributed by atoms with van der Waals surface area (Å²) in [7, 11) is 0. The molecule has 11 N–H and O–H groups in total. The Kier molecular flexibility index (Phi) is 16.9. The van der Waals surface area contributed by atoms with Crippen LogP contribution in [0.4, 0.5) is 0 Å². The van der Waals surface area contributed by atoms with Crippen LogP contribution < -0.4 is 38.9 Å². The molecule has 0 aromatic heterocycles. The molecule has 182 valence electrons. The van der Waals surface area contributed by atoms with Crippen LogP contribution in [-0.4, -0.2) is 61.5 Å². The Balaban J connectivity index is 5.18. The molecule has 0 fully saturated rings. The highest BCUT2D eigenvalue weighted by atomic mass is 16.2. The van der Waals surface area contributed by atoms with E-state index >= 15 is 0 Å². The van der Waals surface area contributed by atoms with Gasteiger partial charge in [0.05, 0.1) is 6.04 Å². The Bertz CT molecular complexity index is 517. The van der Waals surface area contributed by atoms with Crippen molar-refractivity contribution in [3.05, 3.63) is 0 Å². The third-order valence-electron chi connectivity index (χ3n) is 4.98. The number of nitrogens with one attached hydrogen (secondary N) is 3. The van der Waals surface area contributed by atoms with Crippen molar-refractivity contribution in [1.29, 1.82) is 0 Å². The van der Waals surface area contributed by atoms with Gasteiger partial charge in [-0.15, -0.1) is 0 Å². The number of primary amides is 1. The van der Waals surface area contributed by atoms with E-state index in [0.717, 1.165) is 25.7 Å². The van der Waals surface area contributed by atoms with E-state index in [1.165, 1.54) is 0 Å². The van der Waals surface area contributed by atoms with Gasteiger partial charge < -0.3 is 38.9 Å². The van der Waals surface area contributed by atoms with Gasteiger partial charge in [-0.3, -0.25) is 14.4 Å². The van der Waals surface area contributed by atoms with Gasteiger partial charge >= 0.3 is 0 Å². The lowest BCUT2D eigenvalue weighted by Gasteiger charge is -2.26. The topological polar surface area (TPSA) is 191 Å². The van der Waals surface area contributed by atoms with Crippen molar-refractivity contribution in [2.75, 3.05) is 19.6 Å². The van der Waals surface area contributed by atoms with Crippen molar-refractivity contribution in [2.45, 2.75) is 95.8 Å². The maximum atomic E-state index is 12.9. The Morgan fingerprint density at radius 1 is 0.645 bits per heavy atom. The molecule has 0 aromatic carbocycles. The van der Waals surface area contributed by atoms with Crippen molar-refractivity contribution >= 4 is 17.7 Å². The van der Waals surface area contributed by atoms with E-state index in [4.69, 9.17) is 22.9 Å². The van der Waals surface area contributed by atoms with Crippen LogP contribution in [0.2, 0.25) is 0 Å². The Morgan fingerprint density at radius 3 is 1.45 bits per heavy atom. The van der Waals surface area contributed by atoms with Gasteiger partial charge in [-0.1, -0.05) is 20.3 Å². The van der Waals surface area contributed by atoms with Gasteiger partial charge in [0.1, 0.15) is 12.1 Å². The van der Waals surface area contributed by atoms with Gasteiger partial charge in [0.25, 0.3) is 0 Å². The van der Waals surface area contributed by atoms with Crippen LogP contribution in [0.5, 0.6) is 0 Å². The highest BCUT2D eigenvalue weighted by Gasteiger charge is 2.28. The summed E-state index contributed by atoms with van der Waals surface area (Å²) < 4.78 is 0. The van der Waals surface area contributed by atoms with Crippen molar-refractivity contribution in [1.82, 2.24) is 16.0 Å². The van der Waals surface area contributed by atoms with Crippen LogP contribution in [0, 0.1) is 0 Å². The summed E-state index contributed by atoms with van der Waals surface area (Å²) >= 11 is 0. The number of rotatable bonds is 19. The molecule has 0 aliphatic carbocycles. The minimum absolute atomic E-state index is 0.111. The number of carbonyl (C=O) groups excluding carboxylic acids is 3. The summed E-state index contributed by atoms with van der Waals surface area (Å²) in [5.41, 5.74) is 22.1. The lowest BCUT2D eigenvalue weighted by atomic mass is 10.0. The normalized spacial score (nSPS) is 14.1. The molecule has 0 aliphatic heterocycles. The first-order valence-electron chi connectivity index (χ1n) is 11.5. The summed E-state index contributed by atoms with van der Waals surface area (Å²) in [6, 6.07) is -1.86. The van der Waals surface area contributed by atoms with Gasteiger partial charge in [-0.05, 0) is 71.0 Å². The fourth-order valence-electron chi connectivity index (χ4n) is 3.27. The Hall–Kier alpha value is -1.75. The summed E-state index contributed by atoms with van der Waals surface area (Å²) in [6.07, 6.45) is 5.94. The number of hydrogen-bond acceptors (Lipinski definition) is 7. The van der Waals surface area contributed by atoms with E-state index in [1.54, 1.807) is 0 Å². The van der Waals surface area contributed by atoms with E-state index in [0.29, 0.717) is 51.7 Å². The molecule has 10 nitrogen and oxygen atoms in total. The third kappa shape index (κ3) is 14.0. The molecule has 3 amide bonds. The maximum absolute atomic E-state index is 12.9. The second-order valence-electron chi connectivity index (χ2n) is 8.25. The fraction of sp³-hybridized carbons (Fsp3) is 0.857. The summed E-state index contributed by atoms with van der Waals surface area (Å²) in [6.45, 7) is 5.51. The zero-order valence-electron chi connectivity index (χ0n) is 19.3. The molecule has 0 aliphatic rings. The summed E-state index contributed by atoms with van der Waals surface area (Å²) in [4.78, 5) is 37.6. The van der Waals surface area contributed by atoms with Gasteiger partial charge in [0.2, 0.25) is 17.7 Å². The monoisotopic (exact) mass is 443 g/mol. The zero-order valence-corrected chi connectivity index (χ0v) is 19.3. The smallest absolute Gasteiger partial charge is 0.243 e. The number of unbranched alkanes of at least 4 members (excludes halogenated alkanes) is 3. The van der Waals surface area contributed by atoms with E-state index < -0.39 is 29.9 Å². The van der Waals surface area contributed by atoms with Gasteiger partial charge in [-0.2, -0.15) is 0 Å². The van der Waals surface area contributed by atoms with E-state index in [9.17, 15) is 14.4 Å². The lowest BCUT2D eigenvalue weighted by molar-refractivity contribution is -0.132. The molecular weight excluding hydrogens is 398 g/mol. The molecule has 0 saturated heterocycles. The molecule has 0 rings (SSSR count). The number of hydrogen-bond donors (Lipinski definition) is 7. The first-order valence-corrected chi connectivity index (χ1v) is 11.5. The number of nitrogens with two attached hydrogens (primary N) is 4. The molecule has 0 heterocycles. The molecule has 3 atom stereocenters. The Morgan fingerprint density at radius 2 is 1.03 bits per heavy atom. The molecule has 0 radical (unpaired) electrons. The second-order valence-corrected chi connectivity index (χ2v) is 8.25. The van der Waals surface area contributed by atoms with Crippen molar-refractivity contribution in [3.63, 3.8) is 0 Å². The molecule has 0 spiro atoms. The minimum Gasteiger partial charge on any atom is -0.368 e. The Labute approximate surface area is 187 Å². The summed E-state index contributed by atoms with van der Waals surface area (Å²) in [5.74, 6) is -1.25. The molecule has 10 heteroatoms. The maximum Gasteiger partial charge on any atom is 0.243 e. The average Bonchev–Trinajstić information content (AvgIpc) is 2.71.